The smallest absolute Gasteiger partial charge is 0.246 e. The van der Waals surface area contributed by atoms with Gasteiger partial charge in [-0.1, -0.05) is 36.5 Å². The molecule has 2 aromatic carbocycles. The zero-order valence-corrected chi connectivity index (χ0v) is 18.1. The van der Waals surface area contributed by atoms with Crippen LogP contribution >= 0.6 is 11.8 Å². The van der Waals surface area contributed by atoms with E-state index in [1.165, 1.54) is 30.0 Å². The third-order valence-corrected chi connectivity index (χ3v) is 6.66. The summed E-state index contributed by atoms with van der Waals surface area (Å²) in [5.41, 5.74) is 2.86. The van der Waals surface area contributed by atoms with E-state index in [4.69, 9.17) is 5.10 Å². The number of carbonyl (C=O) groups excluding carboxylic acids is 1. The molecule has 0 unspecified atom stereocenters. The fourth-order valence-corrected chi connectivity index (χ4v) is 4.96. The van der Waals surface area contributed by atoms with E-state index in [-0.39, 0.29) is 17.8 Å². The minimum absolute atomic E-state index is 0.0442. The van der Waals surface area contributed by atoms with Gasteiger partial charge in [0.1, 0.15) is 11.5 Å². The number of amides is 1. The number of hydrogen-bond acceptors (Lipinski definition) is 4. The summed E-state index contributed by atoms with van der Waals surface area (Å²) in [4.78, 5) is 20.0. The highest BCUT2D eigenvalue weighted by Gasteiger charge is 2.28. The van der Waals surface area contributed by atoms with Crippen LogP contribution in [0.5, 0.6) is 0 Å². The Kier molecular flexibility index (Phi) is 5.49. The maximum atomic E-state index is 13.5. The van der Waals surface area contributed by atoms with Crippen molar-refractivity contribution in [2.75, 3.05) is 13.1 Å². The Morgan fingerprint density at radius 1 is 1.16 bits per heavy atom. The molecule has 0 radical (unpaired) electrons. The van der Waals surface area contributed by atoms with Gasteiger partial charge < -0.3 is 4.90 Å². The molecule has 0 aliphatic carbocycles. The van der Waals surface area contributed by atoms with Crippen LogP contribution < -0.4 is 0 Å². The number of aromatic nitrogens is 3. The van der Waals surface area contributed by atoms with Crippen LogP contribution in [-0.2, 0) is 4.79 Å². The molecule has 1 amide bonds. The Morgan fingerprint density at radius 2 is 2.00 bits per heavy atom. The summed E-state index contributed by atoms with van der Waals surface area (Å²) in [7, 11) is 0. The van der Waals surface area contributed by atoms with Crippen molar-refractivity contribution < 1.29 is 9.18 Å². The SMILES string of the molecule is C=CC(=O)N1CC[C@@H](n2nc(-c3ccc(Sc4cccc(F)c4)cc3)c3cnccc32)C1. The summed E-state index contributed by atoms with van der Waals surface area (Å²) in [6, 6.07) is 16.8. The number of pyridine rings is 1. The van der Waals surface area contributed by atoms with E-state index in [2.05, 4.69) is 11.6 Å². The van der Waals surface area contributed by atoms with E-state index in [0.29, 0.717) is 13.1 Å². The average molecular weight is 445 g/mol. The summed E-state index contributed by atoms with van der Waals surface area (Å²) in [6.45, 7) is 4.91. The Morgan fingerprint density at radius 3 is 2.78 bits per heavy atom. The predicted molar refractivity (Wildman–Crippen MR) is 124 cm³/mol. The van der Waals surface area contributed by atoms with Crippen molar-refractivity contribution in [3.63, 3.8) is 0 Å². The molecule has 5 rings (SSSR count). The topological polar surface area (TPSA) is 51.0 Å². The fourth-order valence-electron chi connectivity index (χ4n) is 4.09. The maximum Gasteiger partial charge on any atom is 0.246 e. The van der Waals surface area contributed by atoms with Gasteiger partial charge in [0.25, 0.3) is 0 Å². The van der Waals surface area contributed by atoms with E-state index >= 15 is 0 Å². The summed E-state index contributed by atoms with van der Waals surface area (Å²) in [5.74, 6) is -0.284. The quantitative estimate of drug-likeness (QED) is 0.390. The van der Waals surface area contributed by atoms with Gasteiger partial charge >= 0.3 is 0 Å². The van der Waals surface area contributed by atoms with Crippen LogP contribution in [0.2, 0.25) is 0 Å². The number of halogens is 1. The summed E-state index contributed by atoms with van der Waals surface area (Å²) >= 11 is 1.52. The first kappa shape index (κ1) is 20.5. The number of nitrogens with zero attached hydrogens (tertiary/aromatic N) is 4. The number of carbonyl (C=O) groups is 1. The highest BCUT2D eigenvalue weighted by atomic mass is 32.2. The van der Waals surface area contributed by atoms with Crippen molar-refractivity contribution >= 4 is 28.6 Å². The van der Waals surface area contributed by atoms with Crippen molar-refractivity contribution in [1.82, 2.24) is 19.7 Å². The second kappa shape index (κ2) is 8.59. The van der Waals surface area contributed by atoms with Gasteiger partial charge in [0.15, 0.2) is 0 Å². The molecule has 2 aromatic heterocycles. The Labute approximate surface area is 189 Å². The molecule has 5 nitrogen and oxygen atoms in total. The molecular formula is C25H21FN4OS. The molecule has 0 spiro atoms. The average Bonchev–Trinajstić information content (AvgIpc) is 3.44. The van der Waals surface area contributed by atoms with Crippen molar-refractivity contribution in [2.45, 2.75) is 22.3 Å². The first-order chi connectivity index (χ1) is 15.6. The van der Waals surface area contributed by atoms with Crippen LogP contribution in [0.3, 0.4) is 0 Å². The molecule has 4 aromatic rings. The predicted octanol–water partition coefficient (Wildman–Crippen LogP) is 5.35. The minimum Gasteiger partial charge on any atom is -0.337 e. The molecule has 1 atom stereocenters. The molecule has 1 aliphatic rings. The Hall–Kier alpha value is -3.45. The van der Waals surface area contributed by atoms with Gasteiger partial charge in [0.2, 0.25) is 5.91 Å². The molecule has 1 aliphatic heterocycles. The zero-order chi connectivity index (χ0) is 22.1. The van der Waals surface area contributed by atoms with E-state index in [0.717, 1.165) is 38.4 Å². The monoisotopic (exact) mass is 444 g/mol. The van der Waals surface area contributed by atoms with Gasteiger partial charge in [0, 0.05) is 46.2 Å². The number of hydrogen-bond donors (Lipinski definition) is 0. The lowest BCUT2D eigenvalue weighted by Gasteiger charge is -2.15. The molecule has 0 saturated carbocycles. The van der Waals surface area contributed by atoms with Gasteiger partial charge in [0.05, 0.1) is 11.6 Å². The Balaban J connectivity index is 1.45. The minimum atomic E-state index is -0.239. The van der Waals surface area contributed by atoms with Crippen molar-refractivity contribution in [3.05, 3.63) is 85.5 Å². The number of fused-ring (bicyclic) bond motifs is 1. The lowest BCUT2D eigenvalue weighted by atomic mass is 10.1. The van der Waals surface area contributed by atoms with Gasteiger partial charge in [-0.15, -0.1) is 0 Å². The van der Waals surface area contributed by atoms with Crippen LogP contribution in [-0.4, -0.2) is 38.7 Å². The zero-order valence-electron chi connectivity index (χ0n) is 17.3. The highest BCUT2D eigenvalue weighted by molar-refractivity contribution is 7.99. The van der Waals surface area contributed by atoms with Gasteiger partial charge in [-0.2, -0.15) is 5.10 Å². The second-order valence-corrected chi connectivity index (χ2v) is 8.85. The van der Waals surface area contributed by atoms with Crippen LogP contribution in [0, 0.1) is 5.82 Å². The molecule has 32 heavy (non-hydrogen) atoms. The third-order valence-electron chi connectivity index (χ3n) is 5.66. The lowest BCUT2D eigenvalue weighted by Crippen LogP contribution is -2.27. The summed E-state index contributed by atoms with van der Waals surface area (Å²) in [5, 5.41) is 5.92. The van der Waals surface area contributed by atoms with Gasteiger partial charge in [-0.3, -0.25) is 14.5 Å². The number of benzene rings is 2. The van der Waals surface area contributed by atoms with Crippen LogP contribution in [0.4, 0.5) is 4.39 Å². The number of likely N-dealkylation sites (tertiary alicyclic amines) is 1. The van der Waals surface area contributed by atoms with Crippen molar-refractivity contribution in [3.8, 4) is 11.3 Å². The summed E-state index contributed by atoms with van der Waals surface area (Å²) < 4.78 is 15.5. The Bertz CT molecular complexity index is 1300. The van der Waals surface area contributed by atoms with E-state index in [1.807, 2.05) is 52.2 Å². The standard InChI is InChI=1S/C25H21FN4OS/c1-2-24(31)29-13-11-19(16-29)30-23-10-12-27-15-22(23)25(28-30)17-6-8-20(9-7-17)32-21-5-3-4-18(26)14-21/h2-10,12,14-15,19H,1,11,13,16H2/t19-/m1/s1. The first-order valence-corrected chi connectivity index (χ1v) is 11.2. The van der Waals surface area contributed by atoms with Gasteiger partial charge in [-0.25, -0.2) is 4.39 Å². The molecular weight excluding hydrogens is 423 g/mol. The largest absolute Gasteiger partial charge is 0.337 e. The van der Waals surface area contributed by atoms with Crippen LogP contribution in [0.25, 0.3) is 22.2 Å². The van der Waals surface area contributed by atoms with E-state index < -0.39 is 0 Å². The van der Waals surface area contributed by atoms with Crippen molar-refractivity contribution in [2.24, 2.45) is 0 Å². The lowest BCUT2D eigenvalue weighted by molar-refractivity contribution is -0.125. The van der Waals surface area contributed by atoms with E-state index in [1.54, 1.807) is 12.3 Å². The fraction of sp³-hybridized carbons (Fsp3) is 0.160. The van der Waals surface area contributed by atoms with Crippen LogP contribution in [0.1, 0.15) is 12.5 Å². The first-order valence-electron chi connectivity index (χ1n) is 10.4. The van der Waals surface area contributed by atoms with Crippen molar-refractivity contribution in [1.29, 1.82) is 0 Å². The summed E-state index contributed by atoms with van der Waals surface area (Å²) in [6.07, 6.45) is 5.82. The molecule has 7 heteroatoms. The van der Waals surface area contributed by atoms with E-state index in [9.17, 15) is 9.18 Å². The normalized spacial score (nSPS) is 15.9. The molecule has 1 saturated heterocycles. The van der Waals surface area contributed by atoms with Gasteiger partial charge in [-0.05, 0) is 48.9 Å². The molecule has 0 bridgehead atoms. The highest BCUT2D eigenvalue weighted by Crippen LogP contribution is 2.34. The molecule has 0 N–H and O–H groups in total. The maximum absolute atomic E-state index is 13.5. The molecule has 160 valence electrons. The molecule has 1 fully saturated rings. The van der Waals surface area contributed by atoms with Crippen LogP contribution in [0.15, 0.2) is 89.4 Å². The second-order valence-electron chi connectivity index (χ2n) is 7.70. The molecule has 3 heterocycles. The number of rotatable bonds is 5. The third kappa shape index (κ3) is 3.91.